The second-order valence-electron chi connectivity index (χ2n) is 4.72. The smallest absolute Gasteiger partial charge is 0.299 e. The second kappa shape index (κ2) is 5.04. The topological polar surface area (TPSA) is 37.4 Å². The minimum Gasteiger partial charge on any atom is -0.299 e. The monoisotopic (exact) mass is 307 g/mol. The second-order valence-corrected chi connectivity index (χ2v) is 5.98. The molecule has 0 saturated carbocycles. The fraction of sp³-hybridized carbons (Fsp3) is 0.200. The van der Waals surface area contributed by atoms with Gasteiger partial charge in [0, 0.05) is 15.8 Å². The Hall–Kier alpha value is -2.08. The van der Waals surface area contributed by atoms with E-state index in [1.807, 2.05) is 19.1 Å². The number of nitrogens with zero attached hydrogens (tertiary/aromatic N) is 1. The maximum atomic E-state index is 13.7. The molecule has 2 aromatic rings. The van der Waals surface area contributed by atoms with Gasteiger partial charge in [-0.25, -0.2) is 8.78 Å². The van der Waals surface area contributed by atoms with Gasteiger partial charge < -0.3 is 0 Å². The third-order valence-electron chi connectivity index (χ3n) is 3.37. The van der Waals surface area contributed by atoms with E-state index in [1.165, 1.54) is 11.3 Å². The molecule has 3 nitrogen and oxygen atoms in total. The molecule has 21 heavy (non-hydrogen) atoms. The highest BCUT2D eigenvalue weighted by Gasteiger charge is 2.38. The van der Waals surface area contributed by atoms with Gasteiger partial charge in [-0.1, -0.05) is 6.92 Å². The molecule has 3 rings (SSSR count). The number of carbonyl (C=O) groups excluding carboxylic acids is 2. The molecule has 1 aliphatic heterocycles. The molecule has 1 aliphatic rings. The lowest BCUT2D eigenvalue weighted by molar-refractivity contribution is -0.114. The Morgan fingerprint density at radius 2 is 1.86 bits per heavy atom. The van der Waals surface area contributed by atoms with Crippen molar-refractivity contribution in [3.05, 3.63) is 51.2 Å². The normalized spacial score (nSPS) is 14.0. The van der Waals surface area contributed by atoms with Crippen LogP contribution in [0.15, 0.2) is 24.3 Å². The van der Waals surface area contributed by atoms with Crippen LogP contribution in [-0.2, 0) is 17.8 Å². The highest BCUT2D eigenvalue weighted by molar-refractivity contribution is 7.12. The average Bonchev–Trinajstić information content (AvgIpc) is 2.98. The number of anilines is 1. The van der Waals surface area contributed by atoms with Crippen LogP contribution in [0.5, 0.6) is 0 Å². The standard InChI is InChI=1S/C15H11F2NO2S/c1-2-9-3-4-10(21-9)7-18-12-6-8(16)5-11(17)13(12)14(19)15(18)20/h3-6H,2,7H2,1H3. The lowest BCUT2D eigenvalue weighted by atomic mass is 10.1. The molecular formula is C15H11F2NO2S. The zero-order chi connectivity index (χ0) is 15.1. The summed E-state index contributed by atoms with van der Waals surface area (Å²) in [5, 5.41) is 0. The van der Waals surface area contributed by atoms with Crippen LogP contribution in [0.4, 0.5) is 14.5 Å². The molecule has 0 fully saturated rings. The van der Waals surface area contributed by atoms with Crippen LogP contribution in [-0.4, -0.2) is 11.7 Å². The molecule has 6 heteroatoms. The summed E-state index contributed by atoms with van der Waals surface area (Å²) >= 11 is 1.51. The molecule has 1 aromatic carbocycles. The first kappa shape index (κ1) is 13.9. The summed E-state index contributed by atoms with van der Waals surface area (Å²) in [6.45, 7) is 2.16. The Kier molecular flexibility index (Phi) is 3.33. The van der Waals surface area contributed by atoms with Gasteiger partial charge in [0.1, 0.15) is 11.6 Å². The molecule has 0 radical (unpaired) electrons. The van der Waals surface area contributed by atoms with Gasteiger partial charge in [0.15, 0.2) is 0 Å². The first-order valence-corrected chi connectivity index (χ1v) is 7.25. The average molecular weight is 307 g/mol. The zero-order valence-electron chi connectivity index (χ0n) is 11.2. The molecule has 1 aromatic heterocycles. The summed E-state index contributed by atoms with van der Waals surface area (Å²) in [6.07, 6.45) is 0.872. The summed E-state index contributed by atoms with van der Waals surface area (Å²) in [6, 6.07) is 5.44. The predicted octanol–water partition coefficient (Wildman–Crippen LogP) is 3.32. The van der Waals surface area contributed by atoms with Crippen LogP contribution < -0.4 is 4.90 Å². The van der Waals surface area contributed by atoms with Crippen molar-refractivity contribution in [3.63, 3.8) is 0 Å². The zero-order valence-corrected chi connectivity index (χ0v) is 12.0. The predicted molar refractivity (Wildman–Crippen MR) is 75.6 cm³/mol. The third-order valence-corrected chi connectivity index (χ3v) is 4.59. The van der Waals surface area contributed by atoms with Gasteiger partial charge in [0.05, 0.1) is 17.8 Å². The van der Waals surface area contributed by atoms with Crippen molar-refractivity contribution in [1.29, 1.82) is 0 Å². The van der Waals surface area contributed by atoms with Crippen LogP contribution in [0.2, 0.25) is 0 Å². The summed E-state index contributed by atoms with van der Waals surface area (Å²) in [5.41, 5.74) is -0.331. The van der Waals surface area contributed by atoms with Crippen LogP contribution in [0.3, 0.4) is 0 Å². The first-order chi connectivity index (χ1) is 10.0. The molecule has 2 heterocycles. The fourth-order valence-electron chi connectivity index (χ4n) is 2.35. The summed E-state index contributed by atoms with van der Waals surface area (Å²) in [5.74, 6) is -3.54. The van der Waals surface area contributed by atoms with Crippen molar-refractivity contribution >= 4 is 28.7 Å². The Labute approximate surface area is 123 Å². The van der Waals surface area contributed by atoms with Gasteiger partial charge >= 0.3 is 0 Å². The number of hydrogen-bond acceptors (Lipinski definition) is 3. The number of aryl methyl sites for hydroxylation is 1. The van der Waals surface area contributed by atoms with Gasteiger partial charge in [-0.3, -0.25) is 14.5 Å². The van der Waals surface area contributed by atoms with Crippen molar-refractivity contribution in [3.8, 4) is 0 Å². The number of benzene rings is 1. The maximum absolute atomic E-state index is 13.7. The summed E-state index contributed by atoms with van der Waals surface area (Å²) in [7, 11) is 0. The van der Waals surface area contributed by atoms with E-state index in [2.05, 4.69) is 0 Å². The highest BCUT2D eigenvalue weighted by Crippen LogP contribution is 2.34. The Morgan fingerprint density at radius 3 is 2.52 bits per heavy atom. The number of fused-ring (bicyclic) bond motifs is 1. The first-order valence-electron chi connectivity index (χ1n) is 6.44. The van der Waals surface area contributed by atoms with Crippen molar-refractivity contribution in [2.45, 2.75) is 19.9 Å². The summed E-state index contributed by atoms with van der Waals surface area (Å²) in [4.78, 5) is 27.0. The largest absolute Gasteiger partial charge is 0.299 e. The number of hydrogen-bond donors (Lipinski definition) is 0. The molecule has 0 spiro atoms. The number of rotatable bonds is 3. The number of amides is 1. The molecule has 0 aliphatic carbocycles. The Balaban J connectivity index is 2.01. The van der Waals surface area contributed by atoms with Crippen LogP contribution >= 0.6 is 11.3 Å². The Bertz CT molecular complexity index is 754. The molecule has 0 atom stereocenters. The van der Waals surface area contributed by atoms with Crippen molar-refractivity contribution in [2.75, 3.05) is 4.90 Å². The van der Waals surface area contributed by atoms with E-state index in [1.54, 1.807) is 0 Å². The number of halogens is 2. The van der Waals surface area contributed by atoms with E-state index in [0.29, 0.717) is 6.07 Å². The third kappa shape index (κ3) is 2.25. The van der Waals surface area contributed by atoms with Crippen molar-refractivity contribution in [2.24, 2.45) is 0 Å². The van der Waals surface area contributed by atoms with E-state index >= 15 is 0 Å². The highest BCUT2D eigenvalue weighted by atomic mass is 32.1. The quantitative estimate of drug-likeness (QED) is 0.816. The molecule has 108 valence electrons. The lowest BCUT2D eigenvalue weighted by Gasteiger charge is -2.15. The van der Waals surface area contributed by atoms with Gasteiger partial charge in [-0.2, -0.15) is 0 Å². The number of thiophene rings is 1. The number of Topliss-reactive ketones (excluding diaryl/α,β-unsaturated/α-hetero) is 1. The van der Waals surface area contributed by atoms with E-state index < -0.39 is 23.3 Å². The Morgan fingerprint density at radius 1 is 1.14 bits per heavy atom. The van der Waals surface area contributed by atoms with Gasteiger partial charge in [0.25, 0.3) is 11.7 Å². The minimum absolute atomic E-state index is 0.00829. The van der Waals surface area contributed by atoms with E-state index in [0.717, 1.165) is 27.1 Å². The number of carbonyl (C=O) groups is 2. The SMILES string of the molecule is CCc1ccc(CN2C(=O)C(=O)c3c(F)cc(F)cc32)s1. The van der Waals surface area contributed by atoms with Gasteiger partial charge in [-0.05, 0) is 24.6 Å². The van der Waals surface area contributed by atoms with Gasteiger partial charge in [0.2, 0.25) is 0 Å². The van der Waals surface area contributed by atoms with Crippen molar-refractivity contribution < 1.29 is 18.4 Å². The fourth-order valence-corrected chi connectivity index (χ4v) is 3.29. The molecule has 1 amide bonds. The minimum atomic E-state index is -0.994. The maximum Gasteiger partial charge on any atom is 0.299 e. The van der Waals surface area contributed by atoms with Crippen molar-refractivity contribution in [1.82, 2.24) is 0 Å². The van der Waals surface area contributed by atoms with Crippen LogP contribution in [0, 0.1) is 11.6 Å². The van der Waals surface area contributed by atoms with E-state index in [4.69, 9.17) is 0 Å². The summed E-state index contributed by atoms with van der Waals surface area (Å²) < 4.78 is 27.1. The molecular weight excluding hydrogens is 296 g/mol. The van der Waals surface area contributed by atoms with Crippen LogP contribution in [0.25, 0.3) is 0 Å². The van der Waals surface area contributed by atoms with Gasteiger partial charge in [-0.15, -0.1) is 11.3 Å². The van der Waals surface area contributed by atoms with E-state index in [-0.39, 0.29) is 17.8 Å². The van der Waals surface area contributed by atoms with E-state index in [9.17, 15) is 18.4 Å². The molecule has 0 bridgehead atoms. The number of ketones is 1. The lowest BCUT2D eigenvalue weighted by Crippen LogP contribution is -2.28. The molecule has 0 unspecified atom stereocenters. The van der Waals surface area contributed by atoms with Crippen LogP contribution in [0.1, 0.15) is 27.0 Å². The molecule has 0 N–H and O–H groups in total. The molecule has 0 saturated heterocycles.